The number of hydrogen-bond donors (Lipinski definition) is 2. The van der Waals surface area contributed by atoms with E-state index in [-0.39, 0.29) is 36.8 Å². The summed E-state index contributed by atoms with van der Waals surface area (Å²) in [7, 11) is 0. The molecule has 150 valence electrons. The lowest BCUT2D eigenvalue weighted by Crippen LogP contribution is -2.41. The molecule has 0 unspecified atom stereocenters. The Bertz CT molecular complexity index is 776. The van der Waals surface area contributed by atoms with Gasteiger partial charge in [-0.1, -0.05) is 13.8 Å². The maximum absolute atomic E-state index is 13.3. The molecule has 2 aromatic carbocycles. The molecule has 0 aliphatic rings. The molecule has 0 saturated heterocycles. The lowest BCUT2D eigenvalue weighted by atomic mass is 10.2. The second kappa shape index (κ2) is 10.3. The molecule has 0 aliphatic carbocycles. The Labute approximate surface area is 164 Å². The molecule has 28 heavy (non-hydrogen) atoms. The van der Waals surface area contributed by atoms with E-state index in [2.05, 4.69) is 10.6 Å². The van der Waals surface area contributed by atoms with Crippen LogP contribution in [-0.4, -0.2) is 31.6 Å². The third kappa shape index (κ3) is 6.26. The van der Waals surface area contributed by atoms with Crippen LogP contribution in [0.15, 0.2) is 48.5 Å². The van der Waals surface area contributed by atoms with Crippen LogP contribution in [0, 0.1) is 11.7 Å². The lowest BCUT2D eigenvalue weighted by Gasteiger charge is -2.24. The van der Waals surface area contributed by atoms with Crippen LogP contribution in [0.5, 0.6) is 5.75 Å². The number of benzene rings is 2. The molecular formula is C21H26FN3O3. The summed E-state index contributed by atoms with van der Waals surface area (Å²) >= 11 is 0. The smallest absolute Gasteiger partial charge is 0.326 e. The van der Waals surface area contributed by atoms with Gasteiger partial charge in [0.1, 0.15) is 11.6 Å². The van der Waals surface area contributed by atoms with Crippen LogP contribution in [0.2, 0.25) is 0 Å². The molecule has 0 spiro atoms. The first-order valence-electron chi connectivity index (χ1n) is 9.25. The van der Waals surface area contributed by atoms with Gasteiger partial charge in [0.25, 0.3) is 0 Å². The van der Waals surface area contributed by atoms with Crippen molar-refractivity contribution in [2.24, 2.45) is 5.92 Å². The van der Waals surface area contributed by atoms with Crippen LogP contribution in [0.1, 0.15) is 20.8 Å². The number of amides is 3. The molecule has 6 nitrogen and oxygen atoms in total. The summed E-state index contributed by atoms with van der Waals surface area (Å²) in [6, 6.07) is 12.3. The minimum Gasteiger partial charge on any atom is -0.494 e. The van der Waals surface area contributed by atoms with Crippen molar-refractivity contribution in [2.45, 2.75) is 20.8 Å². The van der Waals surface area contributed by atoms with Crippen molar-refractivity contribution in [2.75, 3.05) is 29.9 Å². The number of carbonyl (C=O) groups is 2. The van der Waals surface area contributed by atoms with E-state index in [1.165, 1.54) is 29.2 Å². The van der Waals surface area contributed by atoms with E-state index >= 15 is 0 Å². The summed E-state index contributed by atoms with van der Waals surface area (Å²) in [5.41, 5.74) is 1.13. The first-order valence-corrected chi connectivity index (χ1v) is 9.25. The number of hydrogen-bond acceptors (Lipinski definition) is 3. The third-order valence-electron chi connectivity index (χ3n) is 3.96. The van der Waals surface area contributed by atoms with Gasteiger partial charge in [-0.15, -0.1) is 0 Å². The number of urea groups is 1. The number of ether oxygens (including phenoxy) is 1. The second-order valence-electron chi connectivity index (χ2n) is 6.46. The monoisotopic (exact) mass is 387 g/mol. The fourth-order valence-electron chi connectivity index (χ4n) is 2.46. The van der Waals surface area contributed by atoms with Crippen molar-refractivity contribution in [3.8, 4) is 5.75 Å². The highest BCUT2D eigenvalue weighted by molar-refractivity contribution is 6.01. The highest BCUT2D eigenvalue weighted by Gasteiger charge is 2.17. The Balaban J connectivity index is 2.09. The molecule has 2 N–H and O–H groups in total. The number of rotatable bonds is 8. The van der Waals surface area contributed by atoms with Crippen molar-refractivity contribution >= 4 is 23.3 Å². The fourth-order valence-corrected chi connectivity index (χ4v) is 2.46. The van der Waals surface area contributed by atoms with Gasteiger partial charge in [0.15, 0.2) is 0 Å². The van der Waals surface area contributed by atoms with Crippen molar-refractivity contribution < 1.29 is 18.7 Å². The highest BCUT2D eigenvalue weighted by atomic mass is 19.1. The molecule has 7 heteroatoms. The summed E-state index contributed by atoms with van der Waals surface area (Å²) in [5, 5.41) is 5.59. The van der Waals surface area contributed by atoms with Crippen LogP contribution < -0.4 is 20.3 Å². The maximum atomic E-state index is 13.3. The Morgan fingerprint density at radius 1 is 1.07 bits per heavy atom. The molecule has 0 fully saturated rings. The third-order valence-corrected chi connectivity index (χ3v) is 3.96. The number of nitrogens with one attached hydrogen (secondary N) is 2. The first kappa shape index (κ1) is 21.2. The number of carbonyl (C=O) groups excluding carboxylic acids is 2. The van der Waals surface area contributed by atoms with Gasteiger partial charge >= 0.3 is 6.03 Å². The molecule has 3 amide bonds. The van der Waals surface area contributed by atoms with Gasteiger partial charge in [-0.2, -0.15) is 0 Å². The normalized spacial score (nSPS) is 10.5. The topological polar surface area (TPSA) is 70.7 Å². The molecule has 2 rings (SSSR count). The minimum absolute atomic E-state index is 0.0917. The summed E-state index contributed by atoms with van der Waals surface area (Å²) in [6.45, 7) is 6.58. The van der Waals surface area contributed by atoms with E-state index in [0.717, 1.165) is 0 Å². The van der Waals surface area contributed by atoms with Crippen LogP contribution in [-0.2, 0) is 4.79 Å². The van der Waals surface area contributed by atoms with Gasteiger partial charge in [0, 0.05) is 30.4 Å². The summed E-state index contributed by atoms with van der Waals surface area (Å²) < 4.78 is 18.6. The van der Waals surface area contributed by atoms with Crippen LogP contribution in [0.4, 0.5) is 20.6 Å². The van der Waals surface area contributed by atoms with Gasteiger partial charge < -0.3 is 15.4 Å². The minimum atomic E-state index is -0.385. The van der Waals surface area contributed by atoms with E-state index in [0.29, 0.717) is 23.7 Å². The predicted molar refractivity (Wildman–Crippen MR) is 108 cm³/mol. The lowest BCUT2D eigenvalue weighted by molar-refractivity contribution is -0.123. The summed E-state index contributed by atoms with van der Waals surface area (Å²) in [4.78, 5) is 26.0. The summed E-state index contributed by atoms with van der Waals surface area (Å²) in [6.07, 6.45) is 0. The average Bonchev–Trinajstić information content (AvgIpc) is 2.67. The Hall–Kier alpha value is -3.09. The largest absolute Gasteiger partial charge is 0.494 e. The van der Waals surface area contributed by atoms with E-state index in [1.54, 1.807) is 38.1 Å². The first-order chi connectivity index (χ1) is 13.4. The molecular weight excluding hydrogens is 361 g/mol. The highest BCUT2D eigenvalue weighted by Crippen LogP contribution is 2.19. The van der Waals surface area contributed by atoms with Crippen molar-refractivity contribution in [3.05, 3.63) is 54.3 Å². The molecule has 0 heterocycles. The number of nitrogens with zero attached hydrogens (tertiary/aromatic N) is 1. The Morgan fingerprint density at radius 2 is 1.71 bits per heavy atom. The van der Waals surface area contributed by atoms with E-state index in [1.807, 2.05) is 6.92 Å². The Kier molecular flexibility index (Phi) is 7.80. The zero-order chi connectivity index (χ0) is 20.5. The maximum Gasteiger partial charge on any atom is 0.326 e. The van der Waals surface area contributed by atoms with Crippen LogP contribution in [0.25, 0.3) is 0 Å². The van der Waals surface area contributed by atoms with Crippen molar-refractivity contribution in [1.82, 2.24) is 5.32 Å². The molecule has 0 aliphatic heterocycles. The van der Waals surface area contributed by atoms with E-state index in [4.69, 9.17) is 4.74 Å². The van der Waals surface area contributed by atoms with Gasteiger partial charge in [0.05, 0.1) is 6.61 Å². The van der Waals surface area contributed by atoms with Crippen LogP contribution >= 0.6 is 0 Å². The molecule has 0 bridgehead atoms. The second-order valence-corrected chi connectivity index (χ2v) is 6.46. The fraction of sp³-hybridized carbons (Fsp3) is 0.333. The Morgan fingerprint density at radius 3 is 2.29 bits per heavy atom. The molecule has 0 radical (unpaired) electrons. The van der Waals surface area contributed by atoms with Crippen molar-refractivity contribution in [3.63, 3.8) is 0 Å². The predicted octanol–water partition coefficient (Wildman–Crippen LogP) is 4.04. The van der Waals surface area contributed by atoms with Crippen LogP contribution in [0.3, 0.4) is 0 Å². The van der Waals surface area contributed by atoms with Crippen molar-refractivity contribution in [1.29, 1.82) is 0 Å². The van der Waals surface area contributed by atoms with E-state index in [9.17, 15) is 14.0 Å². The number of halogens is 1. The van der Waals surface area contributed by atoms with Gasteiger partial charge in [0.2, 0.25) is 5.91 Å². The van der Waals surface area contributed by atoms with E-state index < -0.39 is 0 Å². The van der Waals surface area contributed by atoms with Gasteiger partial charge in [-0.25, -0.2) is 9.18 Å². The van der Waals surface area contributed by atoms with Gasteiger partial charge in [-0.05, 0) is 55.5 Å². The van der Waals surface area contributed by atoms with Gasteiger partial charge in [-0.3, -0.25) is 9.69 Å². The standard InChI is InChI=1S/C21H26FN3O3/c1-4-28-19-11-7-17(8-12-19)24-21(27)25(14-13-23-20(26)15(2)3)18-9-5-16(22)6-10-18/h5-12,15H,4,13-14H2,1-3H3,(H,23,26)(H,24,27). The molecule has 2 aromatic rings. The number of anilines is 2. The zero-order valence-electron chi connectivity index (χ0n) is 16.4. The zero-order valence-corrected chi connectivity index (χ0v) is 16.4. The quantitative estimate of drug-likeness (QED) is 0.718. The molecule has 0 saturated carbocycles. The SMILES string of the molecule is CCOc1ccc(NC(=O)N(CCNC(=O)C(C)C)c2ccc(F)cc2)cc1. The molecule has 0 aromatic heterocycles. The molecule has 0 atom stereocenters. The summed E-state index contributed by atoms with van der Waals surface area (Å²) in [5.74, 6) is 0.0962. The average molecular weight is 387 g/mol.